The fraction of sp³-hybridized carbons (Fsp3) is 0.176. The van der Waals surface area contributed by atoms with Gasteiger partial charge >= 0.3 is 0 Å². The summed E-state index contributed by atoms with van der Waals surface area (Å²) in [7, 11) is 0. The Morgan fingerprint density at radius 1 is 0.944 bits per heavy atom. The molecule has 0 spiro atoms. The zero-order chi connectivity index (χ0) is 12.7. The van der Waals surface area contributed by atoms with Crippen LogP contribution < -0.4 is 0 Å². The molecule has 0 aromatic heterocycles. The lowest BCUT2D eigenvalue weighted by Gasteiger charge is -2.15. The van der Waals surface area contributed by atoms with Gasteiger partial charge in [0, 0.05) is 10.4 Å². The van der Waals surface area contributed by atoms with E-state index in [-0.39, 0.29) is 0 Å². The number of rotatable bonds is 1. The molecule has 0 fully saturated rings. The molecule has 1 heteroatoms. The first-order valence-corrected chi connectivity index (χ1v) is 6.98. The SMILES string of the molecule is Cc1cc(C)cc(C2C(Br)=Cc3ccccc32)c1. The van der Waals surface area contributed by atoms with Crippen LogP contribution in [-0.4, -0.2) is 0 Å². The van der Waals surface area contributed by atoms with Crippen LogP contribution in [0, 0.1) is 13.8 Å². The van der Waals surface area contributed by atoms with E-state index in [1.165, 1.54) is 32.3 Å². The molecule has 1 aliphatic rings. The zero-order valence-electron chi connectivity index (χ0n) is 10.6. The van der Waals surface area contributed by atoms with Gasteiger partial charge in [-0.1, -0.05) is 69.5 Å². The normalized spacial score (nSPS) is 17.5. The lowest BCUT2D eigenvalue weighted by molar-refractivity contribution is 1.03. The van der Waals surface area contributed by atoms with Gasteiger partial charge in [-0.05, 0) is 36.6 Å². The molecule has 0 saturated carbocycles. The first kappa shape index (κ1) is 11.7. The standard InChI is InChI=1S/C17H15Br/c1-11-7-12(2)9-14(8-11)17-15-6-4-3-5-13(15)10-16(17)18/h3-10,17H,1-2H3. The van der Waals surface area contributed by atoms with Crippen molar-refractivity contribution in [2.75, 3.05) is 0 Å². The number of fused-ring (bicyclic) bond motifs is 1. The lowest BCUT2D eigenvalue weighted by Crippen LogP contribution is -1.99. The van der Waals surface area contributed by atoms with E-state index in [0.29, 0.717) is 5.92 Å². The topological polar surface area (TPSA) is 0 Å². The van der Waals surface area contributed by atoms with E-state index in [1.54, 1.807) is 0 Å². The number of benzene rings is 2. The van der Waals surface area contributed by atoms with Crippen molar-refractivity contribution >= 4 is 22.0 Å². The van der Waals surface area contributed by atoms with Crippen molar-refractivity contribution in [3.05, 3.63) is 74.8 Å². The summed E-state index contributed by atoms with van der Waals surface area (Å²) in [5.41, 5.74) is 6.76. The molecule has 1 atom stereocenters. The highest BCUT2D eigenvalue weighted by Crippen LogP contribution is 2.43. The Labute approximate surface area is 116 Å². The van der Waals surface area contributed by atoms with Crippen molar-refractivity contribution in [3.8, 4) is 0 Å². The van der Waals surface area contributed by atoms with E-state index in [9.17, 15) is 0 Å². The Kier molecular flexibility index (Phi) is 2.87. The first-order valence-electron chi connectivity index (χ1n) is 6.19. The molecule has 1 unspecified atom stereocenters. The lowest BCUT2D eigenvalue weighted by atomic mass is 9.91. The third kappa shape index (κ3) is 1.93. The fourth-order valence-electron chi connectivity index (χ4n) is 2.80. The Hall–Kier alpha value is -1.34. The van der Waals surface area contributed by atoms with Crippen LogP contribution in [0.1, 0.15) is 33.7 Å². The van der Waals surface area contributed by atoms with Crippen LogP contribution in [0.4, 0.5) is 0 Å². The Bertz CT molecular complexity index is 618. The van der Waals surface area contributed by atoms with Crippen LogP contribution in [0.5, 0.6) is 0 Å². The summed E-state index contributed by atoms with van der Waals surface area (Å²) in [6.45, 7) is 4.32. The molecule has 0 nitrogen and oxygen atoms in total. The molecule has 1 aliphatic carbocycles. The number of hydrogen-bond acceptors (Lipinski definition) is 0. The number of hydrogen-bond donors (Lipinski definition) is 0. The van der Waals surface area contributed by atoms with E-state index in [2.05, 4.69) is 78.3 Å². The van der Waals surface area contributed by atoms with Crippen LogP contribution >= 0.6 is 15.9 Å². The van der Waals surface area contributed by atoms with E-state index in [1.807, 2.05) is 0 Å². The quantitative estimate of drug-likeness (QED) is 0.680. The average molecular weight is 299 g/mol. The molecular formula is C17H15Br. The summed E-state index contributed by atoms with van der Waals surface area (Å²) < 4.78 is 1.26. The molecule has 2 aromatic carbocycles. The van der Waals surface area contributed by atoms with Gasteiger partial charge in [-0.2, -0.15) is 0 Å². The van der Waals surface area contributed by atoms with Crippen LogP contribution in [-0.2, 0) is 0 Å². The molecule has 0 radical (unpaired) electrons. The third-order valence-electron chi connectivity index (χ3n) is 3.45. The van der Waals surface area contributed by atoms with Gasteiger partial charge in [0.25, 0.3) is 0 Å². The second-order valence-electron chi connectivity index (χ2n) is 5.01. The van der Waals surface area contributed by atoms with Gasteiger partial charge in [0.05, 0.1) is 0 Å². The Balaban J connectivity index is 2.15. The van der Waals surface area contributed by atoms with Gasteiger partial charge in [0.1, 0.15) is 0 Å². The second-order valence-corrected chi connectivity index (χ2v) is 5.93. The highest BCUT2D eigenvalue weighted by atomic mass is 79.9. The summed E-state index contributed by atoms with van der Waals surface area (Å²) in [5.74, 6) is 0.361. The maximum atomic E-state index is 3.73. The first-order chi connectivity index (χ1) is 8.65. The third-order valence-corrected chi connectivity index (χ3v) is 4.14. The molecule has 2 aromatic rings. The summed E-state index contributed by atoms with van der Waals surface area (Å²) in [6.07, 6.45) is 2.23. The minimum atomic E-state index is 0.361. The van der Waals surface area contributed by atoms with Gasteiger partial charge < -0.3 is 0 Å². The zero-order valence-corrected chi connectivity index (χ0v) is 12.2. The van der Waals surface area contributed by atoms with E-state index < -0.39 is 0 Å². The predicted octanol–water partition coefficient (Wildman–Crippen LogP) is 5.18. The molecule has 18 heavy (non-hydrogen) atoms. The van der Waals surface area contributed by atoms with Crippen LogP contribution in [0.15, 0.2) is 46.9 Å². The molecule has 0 amide bonds. The Morgan fingerprint density at radius 3 is 2.33 bits per heavy atom. The minimum absolute atomic E-state index is 0.361. The van der Waals surface area contributed by atoms with Crippen molar-refractivity contribution in [1.82, 2.24) is 0 Å². The average Bonchev–Trinajstić information content (AvgIpc) is 2.63. The van der Waals surface area contributed by atoms with Crippen molar-refractivity contribution in [2.24, 2.45) is 0 Å². The number of aryl methyl sites for hydroxylation is 2. The largest absolute Gasteiger partial charge is 0.0619 e. The minimum Gasteiger partial charge on any atom is -0.0619 e. The summed E-state index contributed by atoms with van der Waals surface area (Å²) >= 11 is 3.73. The molecular weight excluding hydrogens is 284 g/mol. The fourth-order valence-corrected chi connectivity index (χ4v) is 3.56. The van der Waals surface area contributed by atoms with Gasteiger partial charge in [-0.25, -0.2) is 0 Å². The van der Waals surface area contributed by atoms with E-state index >= 15 is 0 Å². The molecule has 0 bridgehead atoms. The van der Waals surface area contributed by atoms with E-state index in [4.69, 9.17) is 0 Å². The molecule has 0 heterocycles. The summed E-state index contributed by atoms with van der Waals surface area (Å²) in [4.78, 5) is 0. The molecule has 0 aliphatic heterocycles. The van der Waals surface area contributed by atoms with Crippen molar-refractivity contribution in [3.63, 3.8) is 0 Å². The van der Waals surface area contributed by atoms with E-state index in [0.717, 1.165) is 0 Å². The van der Waals surface area contributed by atoms with Crippen LogP contribution in [0.2, 0.25) is 0 Å². The summed E-state index contributed by atoms with van der Waals surface area (Å²) in [5, 5.41) is 0. The van der Waals surface area contributed by atoms with Crippen molar-refractivity contribution < 1.29 is 0 Å². The maximum absolute atomic E-state index is 3.73. The Morgan fingerprint density at radius 2 is 1.61 bits per heavy atom. The molecule has 90 valence electrons. The van der Waals surface area contributed by atoms with Gasteiger partial charge in [-0.15, -0.1) is 0 Å². The number of allylic oxidation sites excluding steroid dienone is 1. The van der Waals surface area contributed by atoms with Crippen molar-refractivity contribution in [1.29, 1.82) is 0 Å². The molecule has 0 saturated heterocycles. The monoisotopic (exact) mass is 298 g/mol. The second kappa shape index (κ2) is 4.40. The molecule has 0 N–H and O–H groups in total. The van der Waals surface area contributed by atoms with Crippen LogP contribution in [0.25, 0.3) is 6.08 Å². The summed E-state index contributed by atoms with van der Waals surface area (Å²) in [6, 6.07) is 15.4. The highest BCUT2D eigenvalue weighted by molar-refractivity contribution is 9.11. The van der Waals surface area contributed by atoms with Gasteiger partial charge in [0.15, 0.2) is 0 Å². The maximum Gasteiger partial charge on any atom is 0.0412 e. The van der Waals surface area contributed by atoms with Crippen LogP contribution in [0.3, 0.4) is 0 Å². The molecule has 3 rings (SSSR count). The smallest absolute Gasteiger partial charge is 0.0412 e. The predicted molar refractivity (Wildman–Crippen MR) is 81.1 cm³/mol. The highest BCUT2D eigenvalue weighted by Gasteiger charge is 2.25. The van der Waals surface area contributed by atoms with Gasteiger partial charge in [0.2, 0.25) is 0 Å². The number of halogens is 1. The van der Waals surface area contributed by atoms with Gasteiger partial charge in [-0.3, -0.25) is 0 Å². The van der Waals surface area contributed by atoms with Crippen molar-refractivity contribution in [2.45, 2.75) is 19.8 Å².